The number of hydrogen-bond acceptors (Lipinski definition) is 12. The summed E-state index contributed by atoms with van der Waals surface area (Å²) in [4.78, 5) is 73.3. The Morgan fingerprint density at radius 1 is 0.525 bits per heavy atom. The minimum absolute atomic E-state index is 0.143. The molecule has 4 N–H and O–H groups in total. The predicted molar refractivity (Wildman–Crippen MR) is 135 cm³/mol. The van der Waals surface area contributed by atoms with E-state index in [0.29, 0.717) is 11.1 Å². The number of hydrogen-bond donors (Lipinski definition) is 2. The van der Waals surface area contributed by atoms with E-state index in [1.165, 1.54) is 10.6 Å². The third kappa shape index (κ3) is 12.8. The number of carbonyl (C=O) groups is 6. The number of quaternary nitrogens is 2. The molecule has 0 fully saturated rings. The number of ether oxygens (including phenoxy) is 6. The summed E-state index contributed by atoms with van der Waals surface area (Å²) in [7, 11) is 7.12. The Bertz CT molecular complexity index is 929. The Hall–Kier alpha value is -3.78. The Morgan fingerprint density at radius 3 is 1.00 bits per heavy atom. The highest BCUT2D eigenvalue weighted by Gasteiger charge is 2.44. The molecule has 14 heteroatoms. The van der Waals surface area contributed by atoms with Crippen molar-refractivity contribution in [2.45, 2.75) is 79.8 Å². The van der Waals surface area contributed by atoms with Crippen LogP contribution in [0.2, 0.25) is 0 Å². The van der Waals surface area contributed by atoms with Crippen molar-refractivity contribution in [2.24, 2.45) is 0 Å². The van der Waals surface area contributed by atoms with Gasteiger partial charge in [-0.2, -0.15) is 0 Å². The third-order valence-corrected chi connectivity index (χ3v) is 4.98. The smallest absolute Gasteiger partial charge is 0.390 e. The van der Waals surface area contributed by atoms with Gasteiger partial charge in [-0.1, -0.05) is 0 Å². The van der Waals surface area contributed by atoms with E-state index >= 15 is 0 Å². The lowest BCUT2D eigenvalue weighted by Gasteiger charge is -2.35. The first-order valence-corrected chi connectivity index (χ1v) is 12.2. The Labute approximate surface area is 233 Å². The first kappa shape index (κ1) is 36.2. The van der Waals surface area contributed by atoms with Crippen LogP contribution in [0.15, 0.2) is 22.5 Å². The van der Waals surface area contributed by atoms with E-state index in [1.54, 1.807) is 27.7 Å². The van der Waals surface area contributed by atoms with Gasteiger partial charge in [0.15, 0.2) is 35.8 Å². The van der Waals surface area contributed by atoms with E-state index in [0.717, 1.165) is 27.7 Å². The van der Waals surface area contributed by atoms with Gasteiger partial charge < -0.3 is 39.1 Å². The van der Waals surface area contributed by atoms with Crippen molar-refractivity contribution in [3.8, 4) is 0 Å². The van der Waals surface area contributed by atoms with E-state index in [2.05, 4.69) is 14.1 Å². The topological polar surface area (TPSA) is 191 Å². The summed E-state index contributed by atoms with van der Waals surface area (Å²) in [6.07, 6.45) is -6.45. The molecule has 4 unspecified atom stereocenters. The fourth-order valence-corrected chi connectivity index (χ4v) is 3.36. The summed E-state index contributed by atoms with van der Waals surface area (Å²) in [6.45, 7) is 9.43. The third-order valence-electron chi connectivity index (χ3n) is 4.98. The zero-order valence-corrected chi connectivity index (χ0v) is 24.2. The van der Waals surface area contributed by atoms with Crippen LogP contribution in [-0.2, 0) is 57.2 Å². The maximum absolute atomic E-state index is 12.6. The highest BCUT2D eigenvalue weighted by atomic mass is 16.6. The van der Waals surface area contributed by atoms with Crippen LogP contribution in [0.3, 0.4) is 0 Å². The molecule has 0 aromatic heterocycles. The van der Waals surface area contributed by atoms with Gasteiger partial charge in [0, 0.05) is 27.7 Å². The zero-order valence-electron chi connectivity index (χ0n) is 24.2. The molecule has 0 aliphatic rings. The fourth-order valence-electron chi connectivity index (χ4n) is 3.36. The lowest BCUT2D eigenvalue weighted by Crippen LogP contribution is -2.77. The molecule has 0 heterocycles. The van der Waals surface area contributed by atoms with Crippen molar-refractivity contribution >= 4 is 35.8 Å². The SMILES string of the molecule is [CH2-][NH2+]C(C(=O)OCC(OC(C)=O)C(OC(C)=O)C(OC(C)=O)C(COC(=O)C([NH2+][CH2-])=C(C)C)OC(C)=O)=C(C)C. The van der Waals surface area contributed by atoms with Crippen molar-refractivity contribution in [1.82, 2.24) is 0 Å². The summed E-state index contributed by atoms with van der Waals surface area (Å²) in [5.74, 6) is -5.16. The quantitative estimate of drug-likeness (QED) is 0.107. The second-order valence-electron chi connectivity index (χ2n) is 8.88. The van der Waals surface area contributed by atoms with Crippen molar-refractivity contribution in [3.63, 3.8) is 0 Å². The molecule has 226 valence electrons. The van der Waals surface area contributed by atoms with Crippen molar-refractivity contribution in [1.29, 1.82) is 0 Å². The minimum Gasteiger partial charge on any atom is -0.455 e. The van der Waals surface area contributed by atoms with Crippen molar-refractivity contribution in [3.05, 3.63) is 36.6 Å². The molecule has 4 atom stereocenters. The molecule has 40 heavy (non-hydrogen) atoms. The van der Waals surface area contributed by atoms with Gasteiger partial charge in [-0.05, 0) is 38.8 Å². The van der Waals surface area contributed by atoms with Gasteiger partial charge in [-0.3, -0.25) is 19.2 Å². The molecule has 0 spiro atoms. The number of esters is 6. The summed E-state index contributed by atoms with van der Waals surface area (Å²) in [5.41, 5.74) is 1.46. The second-order valence-corrected chi connectivity index (χ2v) is 8.88. The predicted octanol–water partition coefficient (Wildman–Crippen LogP) is -0.903. The Kier molecular flexibility index (Phi) is 16.1. The molecular weight excluding hydrogens is 532 g/mol. The molecule has 0 saturated heterocycles. The Balaban J connectivity index is 6.60. The van der Waals surface area contributed by atoms with Crippen LogP contribution in [0.5, 0.6) is 0 Å². The summed E-state index contributed by atoms with van der Waals surface area (Å²) >= 11 is 0. The Morgan fingerprint density at radius 2 is 0.800 bits per heavy atom. The monoisotopic (exact) mass is 572 g/mol. The molecule has 0 aromatic carbocycles. The molecule has 0 radical (unpaired) electrons. The van der Waals surface area contributed by atoms with Crippen molar-refractivity contribution in [2.75, 3.05) is 13.2 Å². The van der Waals surface area contributed by atoms with Gasteiger partial charge in [-0.15, -0.1) is 14.1 Å². The molecular formula is C26H40N2O12. The van der Waals surface area contributed by atoms with Crippen LogP contribution in [0, 0.1) is 14.1 Å². The standard InChI is InChI=1S/C26H40N2O12/c1-13(2)21(27-9)25(33)35-11-19(37-15(5)29)23(39-17(7)31)24(40-18(8)32)20(38-16(6)30)12-36-26(34)22(28-10)14(3)4/h19-20,23-24H,9-12,27-28H2,1-8H3. The molecule has 0 bridgehead atoms. The molecule has 0 saturated carbocycles. The highest BCUT2D eigenvalue weighted by molar-refractivity contribution is 5.86. The minimum atomic E-state index is -1.68. The highest BCUT2D eigenvalue weighted by Crippen LogP contribution is 2.21. The van der Waals surface area contributed by atoms with Crippen molar-refractivity contribution < 1.29 is 67.8 Å². The first-order valence-electron chi connectivity index (χ1n) is 12.2. The van der Waals surface area contributed by atoms with Crippen LogP contribution in [0.4, 0.5) is 0 Å². The first-order chi connectivity index (χ1) is 18.5. The van der Waals surface area contributed by atoms with E-state index < -0.39 is 73.4 Å². The van der Waals surface area contributed by atoms with Gasteiger partial charge in [-0.25, -0.2) is 9.59 Å². The van der Waals surface area contributed by atoms with Gasteiger partial charge in [0.05, 0.1) is 0 Å². The van der Waals surface area contributed by atoms with Gasteiger partial charge in [0.2, 0.25) is 0 Å². The largest absolute Gasteiger partial charge is 0.455 e. The van der Waals surface area contributed by atoms with E-state index in [-0.39, 0.29) is 11.4 Å². The average molecular weight is 573 g/mol. The van der Waals surface area contributed by atoms with E-state index in [9.17, 15) is 28.8 Å². The van der Waals surface area contributed by atoms with E-state index in [1.807, 2.05) is 0 Å². The number of rotatable bonds is 15. The van der Waals surface area contributed by atoms with Crippen LogP contribution in [0.1, 0.15) is 55.4 Å². The number of carbonyl (C=O) groups excluding carboxylic acids is 6. The maximum Gasteiger partial charge on any atom is 0.390 e. The molecule has 0 aliphatic heterocycles. The number of allylic oxidation sites excluding steroid dienone is 2. The summed E-state index contributed by atoms with van der Waals surface area (Å²) in [6, 6.07) is 0. The molecule has 14 nitrogen and oxygen atoms in total. The van der Waals surface area contributed by atoms with Crippen LogP contribution < -0.4 is 10.6 Å². The second kappa shape index (κ2) is 17.7. The lowest BCUT2D eigenvalue weighted by atomic mass is 10.0. The summed E-state index contributed by atoms with van der Waals surface area (Å²) in [5, 5.41) is 2.55. The van der Waals surface area contributed by atoms with E-state index in [4.69, 9.17) is 28.4 Å². The normalized spacial score (nSPS) is 13.3. The molecule has 0 rings (SSSR count). The molecule has 0 aliphatic carbocycles. The maximum atomic E-state index is 12.6. The average Bonchev–Trinajstić information content (AvgIpc) is 2.81. The summed E-state index contributed by atoms with van der Waals surface area (Å²) < 4.78 is 31.8. The van der Waals surface area contributed by atoms with Gasteiger partial charge in [0.25, 0.3) is 0 Å². The molecule has 0 amide bonds. The van der Waals surface area contributed by atoms with Crippen LogP contribution in [-0.4, -0.2) is 73.4 Å². The van der Waals surface area contributed by atoms with Gasteiger partial charge in [0.1, 0.15) is 13.2 Å². The fraction of sp³-hybridized carbons (Fsp3) is 0.538. The zero-order chi connectivity index (χ0) is 31.2. The number of nitrogens with two attached hydrogens (primary N) is 2. The van der Waals surface area contributed by atoms with Crippen LogP contribution >= 0.6 is 0 Å². The van der Waals surface area contributed by atoms with Gasteiger partial charge >= 0.3 is 35.8 Å². The lowest BCUT2D eigenvalue weighted by molar-refractivity contribution is -0.539. The molecule has 0 aromatic rings. The van der Waals surface area contributed by atoms with Crippen LogP contribution in [0.25, 0.3) is 0 Å².